The summed E-state index contributed by atoms with van der Waals surface area (Å²) in [7, 11) is 3.24. The van der Waals surface area contributed by atoms with Crippen LogP contribution in [0.1, 0.15) is 50.4 Å². The Balaban J connectivity index is 0.00000208. The Hall–Kier alpha value is -1.79. The largest absolute Gasteiger partial charge is 0.493 e. The van der Waals surface area contributed by atoms with Gasteiger partial charge in [-0.15, -0.1) is 12.4 Å². The monoisotopic (exact) mass is 353 g/mol. The lowest BCUT2D eigenvalue weighted by molar-refractivity contribution is 0.228. The molecule has 1 aliphatic rings. The molecule has 0 atom stereocenters. The van der Waals surface area contributed by atoms with Crippen molar-refractivity contribution in [3.05, 3.63) is 35.5 Å². The van der Waals surface area contributed by atoms with E-state index >= 15 is 0 Å². The molecule has 7 heteroatoms. The quantitative estimate of drug-likeness (QED) is 0.888. The third-order valence-electron chi connectivity index (χ3n) is 4.76. The molecule has 2 aromatic rings. The minimum absolute atomic E-state index is 0. The van der Waals surface area contributed by atoms with E-state index in [1.54, 1.807) is 14.2 Å². The summed E-state index contributed by atoms with van der Waals surface area (Å²) in [6.07, 6.45) is 2.92. The van der Waals surface area contributed by atoms with Gasteiger partial charge in [0, 0.05) is 0 Å². The van der Waals surface area contributed by atoms with Gasteiger partial charge in [-0.2, -0.15) is 4.98 Å². The lowest BCUT2D eigenvalue weighted by Crippen LogP contribution is -2.44. The molecule has 0 unspecified atom stereocenters. The van der Waals surface area contributed by atoms with Gasteiger partial charge in [0.15, 0.2) is 17.3 Å². The van der Waals surface area contributed by atoms with Gasteiger partial charge in [-0.25, -0.2) is 0 Å². The molecular formula is C17H24ClN3O3. The first-order valence-corrected chi connectivity index (χ1v) is 7.77. The van der Waals surface area contributed by atoms with Crippen molar-refractivity contribution in [2.75, 3.05) is 14.2 Å². The summed E-state index contributed by atoms with van der Waals surface area (Å²) in [5.74, 6) is 2.52. The molecule has 0 saturated heterocycles. The SMILES string of the molecule is COc1ccc(C(C)(C)c2nc(C3(N)CCC3)no2)cc1OC.Cl. The van der Waals surface area contributed by atoms with Crippen molar-refractivity contribution < 1.29 is 14.0 Å². The van der Waals surface area contributed by atoms with Gasteiger partial charge in [0.05, 0.1) is 25.2 Å². The average molecular weight is 354 g/mol. The van der Waals surface area contributed by atoms with E-state index in [-0.39, 0.29) is 12.4 Å². The lowest BCUT2D eigenvalue weighted by Gasteiger charge is -2.34. The van der Waals surface area contributed by atoms with Crippen LogP contribution in [0, 0.1) is 0 Å². The highest BCUT2D eigenvalue weighted by molar-refractivity contribution is 5.85. The zero-order valence-electron chi connectivity index (χ0n) is 14.5. The van der Waals surface area contributed by atoms with Gasteiger partial charge >= 0.3 is 0 Å². The first-order valence-electron chi connectivity index (χ1n) is 7.77. The molecule has 2 N–H and O–H groups in total. The highest BCUT2D eigenvalue weighted by Gasteiger charge is 2.41. The maximum absolute atomic E-state index is 6.28. The van der Waals surface area contributed by atoms with Gasteiger partial charge in [-0.3, -0.25) is 0 Å². The summed E-state index contributed by atoms with van der Waals surface area (Å²) in [5, 5.41) is 4.11. The van der Waals surface area contributed by atoms with Gasteiger partial charge in [-0.1, -0.05) is 11.2 Å². The minimum Gasteiger partial charge on any atom is -0.493 e. The highest BCUT2D eigenvalue weighted by Crippen LogP contribution is 2.40. The van der Waals surface area contributed by atoms with Crippen LogP contribution >= 0.6 is 12.4 Å². The number of aromatic nitrogens is 2. The maximum Gasteiger partial charge on any atom is 0.236 e. The predicted octanol–water partition coefficient (Wildman–Crippen LogP) is 3.17. The molecule has 3 rings (SSSR count). The van der Waals surface area contributed by atoms with Crippen molar-refractivity contribution in [1.82, 2.24) is 10.1 Å². The van der Waals surface area contributed by atoms with Crippen molar-refractivity contribution in [2.24, 2.45) is 5.73 Å². The predicted molar refractivity (Wildman–Crippen MR) is 92.9 cm³/mol. The first kappa shape index (κ1) is 18.5. The van der Waals surface area contributed by atoms with E-state index in [0.717, 1.165) is 24.8 Å². The molecule has 0 amide bonds. The topological polar surface area (TPSA) is 83.4 Å². The molecule has 0 bridgehead atoms. The summed E-state index contributed by atoms with van der Waals surface area (Å²) in [6, 6.07) is 5.79. The summed E-state index contributed by atoms with van der Waals surface area (Å²) in [6.45, 7) is 4.07. The fourth-order valence-electron chi connectivity index (χ4n) is 2.81. The summed E-state index contributed by atoms with van der Waals surface area (Å²) >= 11 is 0. The van der Waals surface area contributed by atoms with Crippen LogP contribution in [0.5, 0.6) is 11.5 Å². The molecule has 0 radical (unpaired) electrons. The van der Waals surface area contributed by atoms with Crippen LogP contribution in [0.2, 0.25) is 0 Å². The van der Waals surface area contributed by atoms with E-state index in [1.165, 1.54) is 0 Å². The van der Waals surface area contributed by atoms with E-state index < -0.39 is 11.0 Å². The zero-order chi connectivity index (χ0) is 16.7. The summed E-state index contributed by atoms with van der Waals surface area (Å²) in [4.78, 5) is 4.58. The standard InChI is InChI=1S/C17H23N3O3.ClH/c1-16(2,11-6-7-12(21-3)13(10-11)22-4)15-19-14(20-23-15)17(18)8-5-9-17;/h6-7,10H,5,8-9,18H2,1-4H3;1H. The fourth-order valence-corrected chi connectivity index (χ4v) is 2.81. The zero-order valence-corrected chi connectivity index (χ0v) is 15.3. The van der Waals surface area contributed by atoms with Gasteiger partial charge < -0.3 is 19.7 Å². The number of benzene rings is 1. The van der Waals surface area contributed by atoms with Crippen molar-refractivity contribution in [2.45, 2.75) is 44.1 Å². The second-order valence-corrected chi connectivity index (χ2v) is 6.63. The van der Waals surface area contributed by atoms with Crippen LogP contribution < -0.4 is 15.2 Å². The van der Waals surface area contributed by atoms with E-state index in [0.29, 0.717) is 23.2 Å². The first-order chi connectivity index (χ1) is 10.9. The van der Waals surface area contributed by atoms with Crippen LogP contribution in [0.3, 0.4) is 0 Å². The average Bonchev–Trinajstić information content (AvgIpc) is 3.02. The number of hydrogen-bond acceptors (Lipinski definition) is 6. The van der Waals surface area contributed by atoms with Crippen molar-refractivity contribution in [1.29, 1.82) is 0 Å². The molecule has 0 aliphatic heterocycles. The van der Waals surface area contributed by atoms with Crippen molar-refractivity contribution in [3.63, 3.8) is 0 Å². The Morgan fingerprint density at radius 1 is 1.17 bits per heavy atom. The van der Waals surface area contributed by atoms with Crippen molar-refractivity contribution in [3.8, 4) is 11.5 Å². The Labute approximate surface area is 148 Å². The second-order valence-electron chi connectivity index (χ2n) is 6.63. The number of halogens is 1. The molecule has 1 aliphatic carbocycles. The molecule has 24 heavy (non-hydrogen) atoms. The summed E-state index contributed by atoms with van der Waals surface area (Å²) < 4.78 is 16.2. The van der Waals surface area contributed by atoms with E-state index in [2.05, 4.69) is 10.1 Å². The number of rotatable bonds is 5. The second kappa shape index (κ2) is 6.61. The van der Waals surface area contributed by atoms with E-state index in [1.807, 2.05) is 32.0 Å². The van der Waals surface area contributed by atoms with Crippen LogP contribution in [0.25, 0.3) is 0 Å². The lowest BCUT2D eigenvalue weighted by atomic mass is 9.77. The number of hydrogen-bond donors (Lipinski definition) is 1. The molecule has 0 spiro atoms. The van der Waals surface area contributed by atoms with E-state index in [4.69, 9.17) is 19.7 Å². The van der Waals surface area contributed by atoms with Crippen LogP contribution in [0.4, 0.5) is 0 Å². The highest BCUT2D eigenvalue weighted by atomic mass is 35.5. The molecule has 6 nitrogen and oxygen atoms in total. The van der Waals surface area contributed by atoms with E-state index in [9.17, 15) is 0 Å². The third-order valence-corrected chi connectivity index (χ3v) is 4.76. The molecule has 1 aromatic heterocycles. The minimum atomic E-state index is -0.453. The molecule has 1 heterocycles. The van der Waals surface area contributed by atoms with Crippen LogP contribution in [0.15, 0.2) is 22.7 Å². The smallest absolute Gasteiger partial charge is 0.236 e. The normalized spacial score (nSPS) is 16.0. The van der Waals surface area contributed by atoms with Gasteiger partial charge in [-0.05, 0) is 50.8 Å². The van der Waals surface area contributed by atoms with Gasteiger partial charge in [0.25, 0.3) is 0 Å². The summed E-state index contributed by atoms with van der Waals surface area (Å²) in [5.41, 5.74) is 6.41. The molecule has 132 valence electrons. The Morgan fingerprint density at radius 3 is 2.38 bits per heavy atom. The van der Waals surface area contributed by atoms with Gasteiger partial charge in [0.1, 0.15) is 0 Å². The van der Waals surface area contributed by atoms with Crippen LogP contribution in [-0.4, -0.2) is 24.4 Å². The number of ether oxygens (including phenoxy) is 2. The third kappa shape index (κ3) is 2.96. The number of nitrogens with zero attached hydrogens (tertiary/aromatic N) is 2. The molecule has 1 aromatic carbocycles. The van der Waals surface area contributed by atoms with Crippen molar-refractivity contribution >= 4 is 12.4 Å². The maximum atomic E-state index is 6.28. The Kier molecular flexibility index (Phi) is 5.11. The fraction of sp³-hybridized carbons (Fsp3) is 0.529. The molecule has 1 fully saturated rings. The van der Waals surface area contributed by atoms with Crippen LogP contribution in [-0.2, 0) is 11.0 Å². The Bertz CT molecular complexity index is 711. The Morgan fingerprint density at radius 2 is 1.83 bits per heavy atom. The number of methoxy groups -OCH3 is 2. The molecule has 1 saturated carbocycles. The number of nitrogens with two attached hydrogens (primary N) is 1. The van der Waals surface area contributed by atoms with Gasteiger partial charge in [0.2, 0.25) is 5.89 Å². The molecular weight excluding hydrogens is 330 g/mol.